The van der Waals surface area contributed by atoms with Gasteiger partial charge in [0.25, 0.3) is 5.91 Å². The van der Waals surface area contributed by atoms with Crippen LogP contribution in [0.4, 0.5) is 5.69 Å². The first-order valence-corrected chi connectivity index (χ1v) is 5.95. The Morgan fingerprint density at radius 2 is 2.37 bits per heavy atom. The topological polar surface area (TPSA) is 93.0 Å². The molecule has 0 unspecified atom stereocenters. The molecule has 1 amide bonds. The minimum atomic E-state index is -0.206. The van der Waals surface area contributed by atoms with E-state index >= 15 is 0 Å². The Kier molecular flexibility index (Phi) is 4.15. The standard InChI is InChI=1S/C13H16N4O2/c1-9-12(8-15-17-9)13(18)16-10-3-2-4-11(7-10)19-6-5-14/h2-4,7-8H,5-6,14H2,1H3,(H,15,17)(H,16,18). The van der Waals surface area contributed by atoms with Crippen LogP contribution in [0.1, 0.15) is 16.1 Å². The number of benzene rings is 1. The number of aryl methyl sites for hydroxylation is 1. The van der Waals surface area contributed by atoms with Crippen LogP contribution in [0, 0.1) is 6.92 Å². The third-order valence-corrected chi connectivity index (χ3v) is 2.55. The molecule has 6 heteroatoms. The smallest absolute Gasteiger partial charge is 0.259 e. The second-order valence-corrected chi connectivity index (χ2v) is 4.03. The summed E-state index contributed by atoms with van der Waals surface area (Å²) < 4.78 is 5.40. The van der Waals surface area contributed by atoms with Crippen molar-refractivity contribution in [2.45, 2.75) is 6.92 Å². The molecule has 2 rings (SSSR count). The number of amides is 1. The van der Waals surface area contributed by atoms with E-state index < -0.39 is 0 Å². The Bertz CT molecular complexity index is 565. The largest absolute Gasteiger partial charge is 0.492 e. The average Bonchev–Trinajstić information content (AvgIpc) is 2.83. The van der Waals surface area contributed by atoms with Crippen molar-refractivity contribution in [2.75, 3.05) is 18.5 Å². The molecule has 4 N–H and O–H groups in total. The van der Waals surface area contributed by atoms with Crippen LogP contribution < -0.4 is 15.8 Å². The molecular weight excluding hydrogens is 244 g/mol. The zero-order valence-electron chi connectivity index (χ0n) is 10.6. The number of carbonyl (C=O) groups is 1. The van der Waals surface area contributed by atoms with Crippen LogP contribution in [0.5, 0.6) is 5.75 Å². The lowest BCUT2D eigenvalue weighted by Crippen LogP contribution is -2.13. The van der Waals surface area contributed by atoms with Crippen LogP contribution in [-0.2, 0) is 0 Å². The van der Waals surface area contributed by atoms with Crippen molar-refractivity contribution in [3.8, 4) is 5.75 Å². The highest BCUT2D eigenvalue weighted by atomic mass is 16.5. The van der Waals surface area contributed by atoms with Gasteiger partial charge in [-0.1, -0.05) is 6.07 Å². The van der Waals surface area contributed by atoms with Gasteiger partial charge in [-0.05, 0) is 19.1 Å². The minimum Gasteiger partial charge on any atom is -0.492 e. The van der Waals surface area contributed by atoms with Crippen LogP contribution in [0.15, 0.2) is 30.5 Å². The Balaban J connectivity index is 2.07. The summed E-state index contributed by atoms with van der Waals surface area (Å²) in [6.07, 6.45) is 1.50. The van der Waals surface area contributed by atoms with Gasteiger partial charge in [0.2, 0.25) is 0 Å². The predicted molar refractivity (Wildman–Crippen MR) is 72.3 cm³/mol. The normalized spacial score (nSPS) is 10.2. The third-order valence-electron chi connectivity index (χ3n) is 2.55. The van der Waals surface area contributed by atoms with Crippen molar-refractivity contribution < 1.29 is 9.53 Å². The van der Waals surface area contributed by atoms with Crippen LogP contribution in [0.2, 0.25) is 0 Å². The molecule has 0 spiro atoms. The molecule has 0 radical (unpaired) electrons. The molecule has 100 valence electrons. The number of rotatable bonds is 5. The lowest BCUT2D eigenvalue weighted by molar-refractivity contribution is 0.102. The summed E-state index contributed by atoms with van der Waals surface area (Å²) in [7, 11) is 0. The number of nitrogens with one attached hydrogen (secondary N) is 2. The molecule has 0 aliphatic heterocycles. The summed E-state index contributed by atoms with van der Waals surface area (Å²) in [5.74, 6) is 0.467. The second-order valence-electron chi connectivity index (χ2n) is 4.03. The van der Waals surface area contributed by atoms with Crippen LogP contribution in [0.3, 0.4) is 0 Å². The quantitative estimate of drug-likeness (QED) is 0.755. The van der Waals surface area contributed by atoms with Crippen LogP contribution in [-0.4, -0.2) is 29.3 Å². The highest BCUT2D eigenvalue weighted by Gasteiger charge is 2.11. The van der Waals surface area contributed by atoms with E-state index in [-0.39, 0.29) is 5.91 Å². The van der Waals surface area contributed by atoms with E-state index in [2.05, 4.69) is 15.5 Å². The molecule has 1 aromatic heterocycles. The number of H-pyrrole nitrogens is 1. The highest BCUT2D eigenvalue weighted by molar-refractivity contribution is 6.04. The fourth-order valence-corrected chi connectivity index (χ4v) is 1.62. The monoisotopic (exact) mass is 260 g/mol. The Hall–Kier alpha value is -2.34. The molecule has 1 aromatic carbocycles. The molecule has 0 atom stereocenters. The van der Waals surface area contributed by atoms with Crippen molar-refractivity contribution in [3.05, 3.63) is 41.7 Å². The Labute approximate surface area is 111 Å². The van der Waals surface area contributed by atoms with Gasteiger partial charge in [-0.25, -0.2) is 0 Å². The first-order chi connectivity index (χ1) is 9.20. The summed E-state index contributed by atoms with van der Waals surface area (Å²) in [6, 6.07) is 7.17. The van der Waals surface area contributed by atoms with E-state index in [1.54, 1.807) is 19.1 Å². The third kappa shape index (κ3) is 3.32. The maximum atomic E-state index is 12.0. The van der Waals surface area contributed by atoms with Crippen molar-refractivity contribution in [2.24, 2.45) is 5.73 Å². The molecule has 19 heavy (non-hydrogen) atoms. The fraction of sp³-hybridized carbons (Fsp3) is 0.231. The molecule has 6 nitrogen and oxygen atoms in total. The van der Waals surface area contributed by atoms with E-state index in [0.717, 1.165) is 5.69 Å². The number of aromatic nitrogens is 2. The molecule has 0 fully saturated rings. The van der Waals surface area contributed by atoms with Crippen LogP contribution in [0.25, 0.3) is 0 Å². The first kappa shape index (κ1) is 13.1. The Morgan fingerprint density at radius 3 is 3.05 bits per heavy atom. The van der Waals surface area contributed by atoms with Crippen LogP contribution >= 0.6 is 0 Å². The number of ether oxygens (including phenoxy) is 1. The minimum absolute atomic E-state index is 0.206. The summed E-state index contributed by atoms with van der Waals surface area (Å²) in [5, 5.41) is 9.34. The van der Waals surface area contributed by atoms with Gasteiger partial charge >= 0.3 is 0 Å². The zero-order chi connectivity index (χ0) is 13.7. The Morgan fingerprint density at radius 1 is 1.53 bits per heavy atom. The van der Waals surface area contributed by atoms with Gasteiger partial charge < -0.3 is 15.8 Å². The number of anilines is 1. The van der Waals surface area contributed by atoms with Crippen molar-refractivity contribution in [1.29, 1.82) is 0 Å². The van der Waals surface area contributed by atoms with Crippen molar-refractivity contribution >= 4 is 11.6 Å². The van der Waals surface area contributed by atoms with E-state index in [9.17, 15) is 4.79 Å². The van der Waals surface area contributed by atoms with Gasteiger partial charge in [0, 0.05) is 24.0 Å². The summed E-state index contributed by atoms with van der Waals surface area (Å²) in [4.78, 5) is 12.0. The van der Waals surface area contributed by atoms with Gasteiger partial charge in [0.15, 0.2) is 0 Å². The van der Waals surface area contributed by atoms with E-state index in [1.807, 2.05) is 12.1 Å². The summed E-state index contributed by atoms with van der Waals surface area (Å²) >= 11 is 0. The highest BCUT2D eigenvalue weighted by Crippen LogP contribution is 2.18. The zero-order valence-corrected chi connectivity index (χ0v) is 10.6. The van der Waals surface area contributed by atoms with Crippen molar-refractivity contribution in [3.63, 3.8) is 0 Å². The average molecular weight is 260 g/mol. The van der Waals surface area contributed by atoms with E-state index in [1.165, 1.54) is 6.20 Å². The SMILES string of the molecule is Cc1[nH]ncc1C(=O)Nc1cccc(OCCN)c1. The lowest BCUT2D eigenvalue weighted by Gasteiger charge is -2.08. The fourth-order valence-electron chi connectivity index (χ4n) is 1.62. The molecule has 0 aliphatic rings. The lowest BCUT2D eigenvalue weighted by atomic mass is 10.2. The van der Waals surface area contributed by atoms with E-state index in [0.29, 0.717) is 30.2 Å². The number of nitrogens with zero attached hydrogens (tertiary/aromatic N) is 1. The number of carbonyl (C=O) groups excluding carboxylic acids is 1. The number of aromatic amines is 1. The molecule has 0 bridgehead atoms. The maximum absolute atomic E-state index is 12.0. The van der Waals surface area contributed by atoms with Gasteiger partial charge in [0.1, 0.15) is 12.4 Å². The maximum Gasteiger partial charge on any atom is 0.259 e. The molecule has 0 aliphatic carbocycles. The second kappa shape index (κ2) is 6.01. The number of hydrogen-bond donors (Lipinski definition) is 3. The molecule has 2 aromatic rings. The number of nitrogens with two attached hydrogens (primary N) is 1. The molecular formula is C13H16N4O2. The summed E-state index contributed by atoms with van der Waals surface area (Å²) in [6.45, 7) is 2.69. The molecule has 0 saturated carbocycles. The van der Waals surface area contributed by atoms with E-state index in [4.69, 9.17) is 10.5 Å². The molecule has 0 saturated heterocycles. The summed E-state index contributed by atoms with van der Waals surface area (Å²) in [5.41, 5.74) is 7.29. The first-order valence-electron chi connectivity index (χ1n) is 5.95. The van der Waals surface area contributed by atoms with Gasteiger partial charge in [-0.2, -0.15) is 5.10 Å². The van der Waals surface area contributed by atoms with Gasteiger partial charge in [-0.15, -0.1) is 0 Å². The molecule has 1 heterocycles. The predicted octanol–water partition coefficient (Wildman–Crippen LogP) is 1.31. The van der Waals surface area contributed by atoms with Crippen molar-refractivity contribution in [1.82, 2.24) is 10.2 Å². The van der Waals surface area contributed by atoms with Gasteiger partial charge in [0.05, 0.1) is 11.8 Å². The van der Waals surface area contributed by atoms with Gasteiger partial charge in [-0.3, -0.25) is 9.89 Å². The number of hydrogen-bond acceptors (Lipinski definition) is 4.